The Bertz CT molecular complexity index is 432. The van der Waals surface area contributed by atoms with E-state index in [1.807, 2.05) is 18.2 Å². The van der Waals surface area contributed by atoms with Crippen molar-refractivity contribution in [2.24, 2.45) is 0 Å². The third-order valence-electron chi connectivity index (χ3n) is 2.95. The third-order valence-corrected chi connectivity index (χ3v) is 4.51. The van der Waals surface area contributed by atoms with Crippen LogP contribution in [0, 0.1) is 0 Å². The molecule has 1 aromatic carbocycles. The number of esters is 1. The molecular weight excluding hydrogens is 264 g/mol. The maximum absolute atomic E-state index is 11.7. The van der Waals surface area contributed by atoms with Gasteiger partial charge in [0.25, 0.3) is 0 Å². The monoisotopic (exact) mass is 290 g/mol. The van der Waals surface area contributed by atoms with Gasteiger partial charge in [-0.2, -0.15) is 0 Å². The van der Waals surface area contributed by atoms with Crippen molar-refractivity contribution < 1.29 is 9.53 Å². The zero-order valence-electron chi connectivity index (χ0n) is 12.9. The van der Waals surface area contributed by atoms with Crippen LogP contribution in [-0.2, 0) is 4.74 Å². The lowest BCUT2D eigenvalue weighted by Gasteiger charge is -2.17. The zero-order valence-corrected chi connectivity index (χ0v) is 13.9. The molecule has 0 saturated carbocycles. The number of hydrogen-bond acceptors (Lipinski definition) is 2. The third kappa shape index (κ3) is 7.29. The van der Waals surface area contributed by atoms with Crippen molar-refractivity contribution in [3.05, 3.63) is 48.0 Å². The fourth-order valence-corrected chi connectivity index (χ4v) is 3.81. The summed E-state index contributed by atoms with van der Waals surface area (Å²) in [6.07, 6.45) is 3.00. The summed E-state index contributed by atoms with van der Waals surface area (Å²) in [5.41, 5.74) is 1.97. The van der Waals surface area contributed by atoms with E-state index in [2.05, 4.69) is 26.2 Å². The Balaban J connectivity index is 2.14. The highest BCUT2D eigenvalue weighted by atomic mass is 28.3. The Hall–Kier alpha value is -1.35. The number of carbonyl (C=O) groups is 1. The summed E-state index contributed by atoms with van der Waals surface area (Å²) in [4.78, 5) is 11.7. The number of ether oxygens (including phenoxy) is 1. The van der Waals surface area contributed by atoms with Gasteiger partial charge in [0.05, 0.1) is 12.2 Å². The lowest BCUT2D eigenvalue weighted by atomic mass is 10.1. The van der Waals surface area contributed by atoms with Crippen LogP contribution in [0.15, 0.2) is 42.5 Å². The van der Waals surface area contributed by atoms with E-state index in [1.54, 1.807) is 12.1 Å². The van der Waals surface area contributed by atoms with Crippen molar-refractivity contribution in [1.82, 2.24) is 0 Å². The van der Waals surface area contributed by atoms with Crippen molar-refractivity contribution in [3.63, 3.8) is 0 Å². The van der Waals surface area contributed by atoms with Gasteiger partial charge in [-0.3, -0.25) is 0 Å². The Morgan fingerprint density at radius 2 is 1.80 bits per heavy atom. The minimum absolute atomic E-state index is 0.230. The molecule has 2 nitrogen and oxygen atoms in total. The molecule has 0 N–H and O–H groups in total. The number of allylic oxidation sites excluding steroid dienone is 1. The molecule has 0 amide bonds. The van der Waals surface area contributed by atoms with Gasteiger partial charge in [-0.15, -0.1) is 6.58 Å². The lowest BCUT2D eigenvalue weighted by Crippen LogP contribution is -2.19. The molecule has 0 radical (unpaired) electrons. The number of carbonyl (C=O) groups excluding carboxylic acids is 1. The SMILES string of the molecule is C=C(CCCCOC(=O)c1ccccc1)C[Si](C)(C)C. The maximum Gasteiger partial charge on any atom is 0.338 e. The predicted octanol–water partition coefficient (Wildman–Crippen LogP) is 4.91. The number of hydrogen-bond donors (Lipinski definition) is 0. The molecule has 0 aliphatic carbocycles. The number of benzene rings is 1. The second kappa shape index (κ2) is 8.05. The van der Waals surface area contributed by atoms with Crippen LogP contribution in [-0.4, -0.2) is 20.7 Å². The van der Waals surface area contributed by atoms with Gasteiger partial charge in [-0.1, -0.05) is 43.4 Å². The van der Waals surface area contributed by atoms with Gasteiger partial charge in [-0.25, -0.2) is 4.79 Å². The normalized spacial score (nSPS) is 11.2. The van der Waals surface area contributed by atoms with Gasteiger partial charge in [0.2, 0.25) is 0 Å². The molecule has 0 aliphatic rings. The van der Waals surface area contributed by atoms with Crippen LogP contribution >= 0.6 is 0 Å². The van der Waals surface area contributed by atoms with Crippen molar-refractivity contribution in [2.45, 2.75) is 44.9 Å². The second-order valence-corrected chi connectivity index (χ2v) is 11.9. The van der Waals surface area contributed by atoms with Crippen LogP contribution in [0.5, 0.6) is 0 Å². The van der Waals surface area contributed by atoms with E-state index in [0.717, 1.165) is 19.3 Å². The van der Waals surface area contributed by atoms with Gasteiger partial charge in [0.15, 0.2) is 0 Å². The van der Waals surface area contributed by atoms with Gasteiger partial charge < -0.3 is 4.74 Å². The summed E-state index contributed by atoms with van der Waals surface area (Å²) in [5, 5.41) is 0. The molecule has 110 valence electrons. The smallest absolute Gasteiger partial charge is 0.338 e. The highest BCUT2D eigenvalue weighted by Crippen LogP contribution is 2.19. The fraction of sp³-hybridized carbons (Fsp3) is 0.471. The topological polar surface area (TPSA) is 26.3 Å². The van der Waals surface area contributed by atoms with Gasteiger partial charge >= 0.3 is 5.97 Å². The van der Waals surface area contributed by atoms with Gasteiger partial charge in [-0.05, 0) is 37.4 Å². The van der Waals surface area contributed by atoms with Crippen molar-refractivity contribution in [3.8, 4) is 0 Å². The Labute approximate surface area is 123 Å². The van der Waals surface area contributed by atoms with Crippen LogP contribution in [0.4, 0.5) is 0 Å². The van der Waals surface area contributed by atoms with Crippen LogP contribution in [0.25, 0.3) is 0 Å². The predicted molar refractivity (Wildman–Crippen MR) is 87.9 cm³/mol. The van der Waals surface area contributed by atoms with E-state index >= 15 is 0 Å². The standard InChI is InChI=1S/C17H26O2Si/c1-15(14-20(2,3)4)10-8-9-13-19-17(18)16-11-6-5-7-12-16/h5-7,11-12H,1,8-10,13-14H2,2-4H3. The van der Waals surface area contributed by atoms with Crippen molar-refractivity contribution in [1.29, 1.82) is 0 Å². The van der Waals surface area contributed by atoms with Crippen LogP contribution < -0.4 is 0 Å². The molecule has 1 rings (SSSR count). The van der Waals surface area contributed by atoms with Crippen LogP contribution in [0.3, 0.4) is 0 Å². The zero-order chi connectivity index (χ0) is 15.0. The quantitative estimate of drug-likeness (QED) is 0.294. The molecule has 0 fully saturated rings. The maximum atomic E-state index is 11.7. The number of unbranched alkanes of at least 4 members (excludes halogenated alkanes) is 1. The minimum atomic E-state index is -1.04. The van der Waals surface area contributed by atoms with E-state index in [-0.39, 0.29) is 5.97 Å². The van der Waals surface area contributed by atoms with Crippen LogP contribution in [0.2, 0.25) is 25.7 Å². The molecule has 0 unspecified atom stereocenters. The van der Waals surface area contributed by atoms with Crippen molar-refractivity contribution >= 4 is 14.0 Å². The Kier molecular flexibility index (Phi) is 6.72. The first-order valence-corrected chi connectivity index (χ1v) is 11.0. The summed E-state index contributed by atoms with van der Waals surface area (Å²) in [6.45, 7) is 11.7. The van der Waals surface area contributed by atoms with E-state index in [0.29, 0.717) is 12.2 Å². The summed E-state index contributed by atoms with van der Waals surface area (Å²) < 4.78 is 5.25. The largest absolute Gasteiger partial charge is 0.462 e. The highest BCUT2D eigenvalue weighted by molar-refractivity contribution is 6.76. The first kappa shape index (κ1) is 16.7. The average molecular weight is 290 g/mol. The van der Waals surface area contributed by atoms with Crippen molar-refractivity contribution in [2.75, 3.05) is 6.61 Å². The molecule has 0 aliphatic heterocycles. The van der Waals surface area contributed by atoms with Gasteiger partial charge in [0.1, 0.15) is 0 Å². The van der Waals surface area contributed by atoms with Crippen LogP contribution in [0.1, 0.15) is 29.6 Å². The summed E-state index contributed by atoms with van der Waals surface area (Å²) in [7, 11) is -1.04. The second-order valence-electron chi connectivity index (χ2n) is 6.45. The molecule has 0 spiro atoms. The van der Waals surface area contributed by atoms with E-state index in [1.165, 1.54) is 11.6 Å². The van der Waals surface area contributed by atoms with E-state index < -0.39 is 8.07 Å². The fourth-order valence-electron chi connectivity index (χ4n) is 2.14. The van der Waals surface area contributed by atoms with E-state index in [9.17, 15) is 4.79 Å². The summed E-state index contributed by atoms with van der Waals surface area (Å²) >= 11 is 0. The summed E-state index contributed by atoms with van der Waals surface area (Å²) in [5.74, 6) is -0.230. The molecule has 3 heteroatoms. The molecule has 0 heterocycles. The molecule has 0 saturated heterocycles. The molecule has 20 heavy (non-hydrogen) atoms. The number of rotatable bonds is 8. The lowest BCUT2D eigenvalue weighted by molar-refractivity contribution is 0.0498. The molecule has 1 aromatic rings. The molecule has 0 aromatic heterocycles. The van der Waals surface area contributed by atoms with Gasteiger partial charge in [0, 0.05) is 8.07 Å². The average Bonchev–Trinajstić information content (AvgIpc) is 2.37. The van der Waals surface area contributed by atoms with E-state index in [4.69, 9.17) is 4.74 Å². The molecular formula is C17H26O2Si. The highest BCUT2D eigenvalue weighted by Gasteiger charge is 2.14. The minimum Gasteiger partial charge on any atom is -0.462 e. The summed E-state index contributed by atoms with van der Waals surface area (Å²) in [6, 6.07) is 10.3. The Morgan fingerprint density at radius 3 is 2.40 bits per heavy atom. The first-order chi connectivity index (χ1) is 9.38. The Morgan fingerprint density at radius 1 is 1.15 bits per heavy atom. The first-order valence-electron chi connectivity index (χ1n) is 7.27. The molecule has 0 bridgehead atoms. The molecule has 0 atom stereocenters.